The van der Waals surface area contributed by atoms with Gasteiger partial charge in [0.15, 0.2) is 0 Å². The second kappa shape index (κ2) is 8.83. The van der Waals surface area contributed by atoms with Gasteiger partial charge >= 0.3 is 0 Å². The molecular formula is C19H29N3O2. The Morgan fingerprint density at radius 2 is 1.42 bits per heavy atom. The van der Waals surface area contributed by atoms with Crippen molar-refractivity contribution in [3.63, 3.8) is 0 Å². The monoisotopic (exact) mass is 331 g/mol. The second-order valence-electron chi connectivity index (χ2n) is 6.80. The Bertz CT molecular complexity index is 546. The van der Waals surface area contributed by atoms with E-state index in [2.05, 4.69) is 31.2 Å². The molecule has 0 saturated carbocycles. The molecule has 5 heteroatoms. The van der Waals surface area contributed by atoms with Gasteiger partial charge in [-0.1, -0.05) is 29.8 Å². The maximum atomic E-state index is 12.3. The van der Waals surface area contributed by atoms with Crippen LogP contribution < -0.4 is 0 Å². The summed E-state index contributed by atoms with van der Waals surface area (Å²) in [6, 6.07) is 8.34. The van der Waals surface area contributed by atoms with E-state index in [1.165, 1.54) is 11.1 Å². The zero-order valence-electron chi connectivity index (χ0n) is 15.1. The number of nitrogens with zero attached hydrogens (tertiary/aromatic N) is 3. The number of hydrogen-bond acceptors (Lipinski definition) is 3. The van der Waals surface area contributed by atoms with Crippen molar-refractivity contribution >= 4 is 11.8 Å². The molecule has 0 radical (unpaired) electrons. The highest BCUT2D eigenvalue weighted by molar-refractivity contribution is 5.78. The minimum atomic E-state index is 0.190. The van der Waals surface area contributed by atoms with Crippen LogP contribution >= 0.6 is 0 Å². The minimum absolute atomic E-state index is 0.190. The molecule has 0 aromatic heterocycles. The molecule has 5 nitrogen and oxygen atoms in total. The fourth-order valence-corrected chi connectivity index (χ4v) is 2.85. The number of carbonyl (C=O) groups excluding carboxylic acids is 2. The summed E-state index contributed by atoms with van der Waals surface area (Å²) >= 11 is 0. The number of hydrogen-bond donors (Lipinski definition) is 0. The Hall–Kier alpha value is -1.88. The highest BCUT2D eigenvalue weighted by Crippen LogP contribution is 2.10. The molecule has 1 aromatic rings. The quantitative estimate of drug-likeness (QED) is 0.794. The Morgan fingerprint density at radius 3 is 1.92 bits per heavy atom. The molecule has 0 aliphatic carbocycles. The van der Waals surface area contributed by atoms with Crippen LogP contribution in [-0.2, 0) is 16.0 Å². The summed E-state index contributed by atoms with van der Waals surface area (Å²) in [5, 5.41) is 0. The van der Waals surface area contributed by atoms with E-state index in [1.54, 1.807) is 0 Å². The van der Waals surface area contributed by atoms with Crippen LogP contribution in [0, 0.1) is 6.92 Å². The fourth-order valence-electron chi connectivity index (χ4n) is 2.85. The second-order valence-corrected chi connectivity index (χ2v) is 6.80. The first kappa shape index (κ1) is 18.5. The molecule has 1 aliphatic heterocycles. The zero-order chi connectivity index (χ0) is 17.5. The minimum Gasteiger partial charge on any atom is -0.339 e. The van der Waals surface area contributed by atoms with Crippen molar-refractivity contribution in [1.29, 1.82) is 0 Å². The largest absolute Gasteiger partial charge is 0.339 e. The zero-order valence-corrected chi connectivity index (χ0v) is 15.1. The predicted molar refractivity (Wildman–Crippen MR) is 95.8 cm³/mol. The van der Waals surface area contributed by atoms with Gasteiger partial charge in [-0.2, -0.15) is 0 Å². The lowest BCUT2D eigenvalue weighted by Crippen LogP contribution is -2.51. The SMILES string of the molecule is Cc1ccc(CCC(=O)N2CCN(C(=O)CCN(C)C)CC2)cc1. The summed E-state index contributed by atoms with van der Waals surface area (Å²) < 4.78 is 0. The molecule has 0 spiro atoms. The van der Waals surface area contributed by atoms with Crippen molar-refractivity contribution in [2.75, 3.05) is 46.8 Å². The normalized spacial score (nSPS) is 15.0. The number of rotatable bonds is 6. The highest BCUT2D eigenvalue weighted by Gasteiger charge is 2.23. The maximum absolute atomic E-state index is 12.3. The van der Waals surface area contributed by atoms with Crippen LogP contribution in [-0.4, -0.2) is 73.3 Å². The topological polar surface area (TPSA) is 43.9 Å². The lowest BCUT2D eigenvalue weighted by Gasteiger charge is -2.35. The first-order valence-corrected chi connectivity index (χ1v) is 8.71. The standard InChI is InChI=1S/C19H29N3O2/c1-16-4-6-17(7-5-16)8-9-18(23)21-12-14-22(15-13-21)19(24)10-11-20(2)3/h4-7H,8-15H2,1-3H3. The van der Waals surface area contributed by atoms with Gasteiger partial charge in [-0.25, -0.2) is 0 Å². The third-order valence-corrected chi connectivity index (χ3v) is 4.51. The molecular weight excluding hydrogens is 302 g/mol. The summed E-state index contributed by atoms with van der Waals surface area (Å²) in [4.78, 5) is 30.3. The molecule has 1 aromatic carbocycles. The summed E-state index contributed by atoms with van der Waals surface area (Å²) in [7, 11) is 3.94. The first-order chi connectivity index (χ1) is 11.5. The van der Waals surface area contributed by atoms with E-state index in [-0.39, 0.29) is 11.8 Å². The van der Waals surface area contributed by atoms with Gasteiger partial charge in [0, 0.05) is 45.6 Å². The van der Waals surface area contributed by atoms with E-state index < -0.39 is 0 Å². The molecule has 2 rings (SSSR count). The van der Waals surface area contributed by atoms with Crippen LogP contribution in [0.4, 0.5) is 0 Å². The van der Waals surface area contributed by atoms with Gasteiger partial charge in [0.2, 0.25) is 11.8 Å². The Balaban J connectivity index is 1.72. The van der Waals surface area contributed by atoms with Crippen LogP contribution in [0.5, 0.6) is 0 Å². The van der Waals surface area contributed by atoms with E-state index in [9.17, 15) is 9.59 Å². The highest BCUT2D eigenvalue weighted by atomic mass is 16.2. The summed E-state index contributed by atoms with van der Waals surface area (Å²) in [6.45, 7) is 5.45. The molecule has 0 N–H and O–H groups in total. The number of amides is 2. The molecule has 1 saturated heterocycles. The average Bonchev–Trinajstić information content (AvgIpc) is 2.59. The number of piperazine rings is 1. The Labute approximate surface area is 145 Å². The van der Waals surface area contributed by atoms with Crippen molar-refractivity contribution in [3.8, 4) is 0 Å². The van der Waals surface area contributed by atoms with E-state index in [1.807, 2.05) is 28.8 Å². The van der Waals surface area contributed by atoms with Gasteiger partial charge in [0.05, 0.1) is 0 Å². The van der Waals surface area contributed by atoms with Gasteiger partial charge in [-0.15, -0.1) is 0 Å². The lowest BCUT2D eigenvalue weighted by atomic mass is 10.1. The first-order valence-electron chi connectivity index (χ1n) is 8.71. The van der Waals surface area contributed by atoms with E-state index in [0.29, 0.717) is 39.0 Å². The van der Waals surface area contributed by atoms with Crippen molar-refractivity contribution < 1.29 is 9.59 Å². The van der Waals surface area contributed by atoms with Crippen LogP contribution in [0.15, 0.2) is 24.3 Å². The Kier molecular flexibility index (Phi) is 6.79. The van der Waals surface area contributed by atoms with Crippen molar-refractivity contribution in [2.24, 2.45) is 0 Å². The molecule has 0 bridgehead atoms. The van der Waals surface area contributed by atoms with E-state index >= 15 is 0 Å². The van der Waals surface area contributed by atoms with Crippen LogP contribution in [0.1, 0.15) is 24.0 Å². The van der Waals surface area contributed by atoms with Crippen molar-refractivity contribution in [3.05, 3.63) is 35.4 Å². The molecule has 2 amide bonds. The summed E-state index contributed by atoms with van der Waals surface area (Å²) in [5.41, 5.74) is 2.44. The summed E-state index contributed by atoms with van der Waals surface area (Å²) in [5.74, 6) is 0.381. The molecule has 1 heterocycles. The number of aryl methyl sites for hydroxylation is 2. The van der Waals surface area contributed by atoms with Gasteiger partial charge in [-0.05, 0) is 33.0 Å². The average molecular weight is 331 g/mol. The fraction of sp³-hybridized carbons (Fsp3) is 0.579. The van der Waals surface area contributed by atoms with Gasteiger partial charge < -0.3 is 14.7 Å². The van der Waals surface area contributed by atoms with E-state index in [0.717, 1.165) is 13.0 Å². The van der Waals surface area contributed by atoms with Crippen molar-refractivity contribution in [2.45, 2.75) is 26.2 Å². The molecule has 0 unspecified atom stereocenters. The maximum Gasteiger partial charge on any atom is 0.223 e. The van der Waals surface area contributed by atoms with Crippen molar-refractivity contribution in [1.82, 2.24) is 14.7 Å². The number of carbonyl (C=O) groups is 2. The van der Waals surface area contributed by atoms with Crippen LogP contribution in [0.2, 0.25) is 0 Å². The molecule has 132 valence electrons. The Morgan fingerprint density at radius 1 is 0.917 bits per heavy atom. The molecule has 24 heavy (non-hydrogen) atoms. The van der Waals surface area contributed by atoms with Gasteiger partial charge in [0.25, 0.3) is 0 Å². The molecule has 1 fully saturated rings. The smallest absolute Gasteiger partial charge is 0.223 e. The third-order valence-electron chi connectivity index (χ3n) is 4.51. The van der Waals surface area contributed by atoms with Gasteiger partial charge in [-0.3, -0.25) is 9.59 Å². The van der Waals surface area contributed by atoms with Gasteiger partial charge in [0.1, 0.15) is 0 Å². The number of benzene rings is 1. The molecule has 1 aliphatic rings. The lowest BCUT2D eigenvalue weighted by molar-refractivity contribution is -0.139. The van der Waals surface area contributed by atoms with Crippen LogP contribution in [0.3, 0.4) is 0 Å². The molecule has 0 atom stereocenters. The third kappa shape index (κ3) is 5.64. The van der Waals surface area contributed by atoms with E-state index in [4.69, 9.17) is 0 Å². The summed E-state index contributed by atoms with van der Waals surface area (Å²) in [6.07, 6.45) is 1.87. The van der Waals surface area contributed by atoms with Crippen LogP contribution in [0.25, 0.3) is 0 Å². The predicted octanol–water partition coefficient (Wildman–Crippen LogP) is 1.55.